The number of rotatable bonds is 3. The molecule has 0 radical (unpaired) electrons. The van der Waals surface area contributed by atoms with Crippen LogP contribution in [0.15, 0.2) is 103 Å². The van der Waals surface area contributed by atoms with E-state index in [9.17, 15) is 0 Å². The minimum absolute atomic E-state index is 1.18. The molecule has 0 aliphatic rings. The molecule has 0 bridgehead atoms. The van der Waals surface area contributed by atoms with E-state index in [-0.39, 0.29) is 0 Å². The van der Waals surface area contributed by atoms with E-state index < -0.39 is 0 Å². The zero-order valence-corrected chi connectivity index (χ0v) is 20.3. The molecule has 0 unspecified atom stereocenters. The number of para-hydroxylation sites is 2. The smallest absolute Gasteiger partial charge is 0.0541 e. The number of nitrogens with one attached hydrogen (secondary N) is 1. The van der Waals surface area contributed by atoms with Gasteiger partial charge in [-0.05, 0) is 67.4 Å². The van der Waals surface area contributed by atoms with Gasteiger partial charge >= 0.3 is 0 Å². The zero-order chi connectivity index (χ0) is 23.7. The minimum Gasteiger partial charge on any atom is -0.355 e. The van der Waals surface area contributed by atoms with Crippen LogP contribution in [0.3, 0.4) is 0 Å². The average molecular weight is 443 g/mol. The second-order valence-corrected chi connectivity index (χ2v) is 8.23. The van der Waals surface area contributed by atoms with Gasteiger partial charge < -0.3 is 9.55 Å². The quantitative estimate of drug-likeness (QED) is 0.263. The first-order valence-electron chi connectivity index (χ1n) is 12.1. The molecule has 0 saturated heterocycles. The molecule has 0 amide bonds. The minimum atomic E-state index is 1.18. The first-order chi connectivity index (χ1) is 16.8. The van der Waals surface area contributed by atoms with E-state index >= 15 is 0 Å². The SMILES string of the molecule is C/C=C\C(=C/C)n1c2ccccc2c2cc(-c3ccc4[nH]c5ccccc5c4c3)ccc21.CC. The van der Waals surface area contributed by atoms with Crippen molar-refractivity contribution < 1.29 is 0 Å². The number of aromatic amines is 1. The second kappa shape index (κ2) is 9.07. The van der Waals surface area contributed by atoms with E-state index in [2.05, 4.69) is 127 Å². The van der Waals surface area contributed by atoms with Crippen molar-refractivity contribution >= 4 is 49.3 Å². The molecule has 2 heteroatoms. The normalized spacial score (nSPS) is 12.2. The Balaban J connectivity index is 0.00000117. The lowest BCUT2D eigenvalue weighted by Gasteiger charge is -2.09. The Morgan fingerprint density at radius 2 is 1.26 bits per heavy atom. The third kappa shape index (κ3) is 3.43. The fourth-order valence-corrected chi connectivity index (χ4v) is 4.93. The van der Waals surface area contributed by atoms with Crippen molar-refractivity contribution in [2.24, 2.45) is 0 Å². The van der Waals surface area contributed by atoms with Crippen molar-refractivity contribution in [1.29, 1.82) is 0 Å². The van der Waals surface area contributed by atoms with Crippen LogP contribution in [0.4, 0.5) is 0 Å². The maximum Gasteiger partial charge on any atom is 0.0541 e. The van der Waals surface area contributed by atoms with E-state index in [4.69, 9.17) is 0 Å². The summed E-state index contributed by atoms with van der Waals surface area (Å²) in [6.45, 7) is 8.16. The predicted octanol–water partition coefficient (Wildman–Crippen LogP) is 9.56. The molecular weight excluding hydrogens is 412 g/mol. The van der Waals surface area contributed by atoms with Gasteiger partial charge in [0.05, 0.1) is 11.0 Å². The molecule has 0 aliphatic heterocycles. The van der Waals surface area contributed by atoms with E-state index in [1.54, 1.807) is 0 Å². The lowest BCUT2D eigenvalue weighted by atomic mass is 10.0. The first-order valence-corrected chi connectivity index (χ1v) is 12.1. The number of allylic oxidation sites excluding steroid dienone is 4. The fourth-order valence-electron chi connectivity index (χ4n) is 4.93. The standard InChI is InChI=1S/C30H24N2.C2H6/c1-3-9-22(4-2)32-29-13-8-6-11-24(29)26-19-21(15-17-30(26)32)20-14-16-28-25(18-20)23-10-5-7-12-27(23)31-28;1-2/h3-19,31H,1-2H3;1-2H3/b9-3-,22-4+;. The molecule has 2 aromatic heterocycles. The molecule has 34 heavy (non-hydrogen) atoms. The van der Waals surface area contributed by atoms with Gasteiger partial charge in [0.1, 0.15) is 0 Å². The molecule has 2 nitrogen and oxygen atoms in total. The lowest BCUT2D eigenvalue weighted by Crippen LogP contribution is -1.94. The number of benzene rings is 4. The summed E-state index contributed by atoms with van der Waals surface area (Å²) in [5.41, 5.74) is 8.48. The number of nitrogens with zero attached hydrogens (tertiary/aromatic N) is 1. The van der Waals surface area contributed by atoms with E-state index in [1.807, 2.05) is 13.8 Å². The molecule has 0 spiro atoms. The van der Waals surface area contributed by atoms with Gasteiger partial charge in [0.25, 0.3) is 0 Å². The van der Waals surface area contributed by atoms with Crippen LogP contribution < -0.4 is 0 Å². The Labute approximate surface area is 200 Å². The second-order valence-electron chi connectivity index (χ2n) is 8.23. The van der Waals surface area contributed by atoms with Crippen LogP contribution >= 0.6 is 0 Å². The molecule has 0 aliphatic carbocycles. The molecular formula is C32H30N2. The number of aromatic nitrogens is 2. The highest BCUT2D eigenvalue weighted by Crippen LogP contribution is 2.36. The monoisotopic (exact) mass is 442 g/mol. The van der Waals surface area contributed by atoms with Crippen molar-refractivity contribution in [2.45, 2.75) is 27.7 Å². The lowest BCUT2D eigenvalue weighted by molar-refractivity contribution is 1.23. The van der Waals surface area contributed by atoms with Crippen LogP contribution in [0.25, 0.3) is 60.4 Å². The number of hydrogen-bond donors (Lipinski definition) is 1. The van der Waals surface area contributed by atoms with Crippen molar-refractivity contribution in [3.8, 4) is 11.1 Å². The Morgan fingerprint density at radius 3 is 2.03 bits per heavy atom. The summed E-state index contributed by atoms with van der Waals surface area (Å²) in [5, 5.41) is 5.10. The van der Waals surface area contributed by atoms with Gasteiger partial charge in [-0.15, -0.1) is 0 Å². The summed E-state index contributed by atoms with van der Waals surface area (Å²) in [6, 6.07) is 30.8. The topological polar surface area (TPSA) is 20.7 Å². The molecule has 168 valence electrons. The third-order valence-electron chi connectivity index (χ3n) is 6.40. The maximum absolute atomic E-state index is 3.53. The third-order valence-corrected chi connectivity index (χ3v) is 6.40. The van der Waals surface area contributed by atoms with Crippen molar-refractivity contribution in [2.75, 3.05) is 0 Å². The van der Waals surface area contributed by atoms with Crippen molar-refractivity contribution in [3.63, 3.8) is 0 Å². The maximum atomic E-state index is 3.53. The van der Waals surface area contributed by atoms with Gasteiger partial charge in [-0.3, -0.25) is 0 Å². The summed E-state index contributed by atoms with van der Waals surface area (Å²) < 4.78 is 2.36. The largest absolute Gasteiger partial charge is 0.355 e. The predicted molar refractivity (Wildman–Crippen MR) is 150 cm³/mol. The fraction of sp³-hybridized carbons (Fsp3) is 0.125. The summed E-state index contributed by atoms with van der Waals surface area (Å²) in [6.07, 6.45) is 6.44. The van der Waals surface area contributed by atoms with Crippen LogP contribution in [0.5, 0.6) is 0 Å². The molecule has 2 heterocycles. The molecule has 0 atom stereocenters. The van der Waals surface area contributed by atoms with Gasteiger partial charge in [0, 0.05) is 38.3 Å². The Bertz CT molecular complexity index is 1690. The van der Waals surface area contributed by atoms with Crippen molar-refractivity contribution in [3.05, 3.63) is 103 Å². The summed E-state index contributed by atoms with van der Waals surface area (Å²) in [5.74, 6) is 0. The molecule has 0 fully saturated rings. The molecule has 6 aromatic rings. The van der Waals surface area contributed by atoms with Crippen LogP contribution in [-0.2, 0) is 0 Å². The van der Waals surface area contributed by atoms with Crippen LogP contribution in [-0.4, -0.2) is 9.55 Å². The summed E-state index contributed by atoms with van der Waals surface area (Å²) in [4.78, 5) is 3.53. The van der Waals surface area contributed by atoms with E-state index in [1.165, 1.54) is 60.4 Å². The Hall–Kier alpha value is -4.04. The van der Waals surface area contributed by atoms with Gasteiger partial charge in [-0.2, -0.15) is 0 Å². The van der Waals surface area contributed by atoms with Gasteiger partial charge in [0.15, 0.2) is 0 Å². The molecule has 1 N–H and O–H groups in total. The Kier molecular flexibility index (Phi) is 5.81. The van der Waals surface area contributed by atoms with Gasteiger partial charge in [0.2, 0.25) is 0 Å². The summed E-state index contributed by atoms with van der Waals surface area (Å²) >= 11 is 0. The first kappa shape index (κ1) is 21.8. The molecule has 6 rings (SSSR count). The van der Waals surface area contributed by atoms with Gasteiger partial charge in [-0.1, -0.05) is 74.5 Å². The Morgan fingerprint density at radius 1 is 0.647 bits per heavy atom. The zero-order valence-electron chi connectivity index (χ0n) is 20.3. The van der Waals surface area contributed by atoms with E-state index in [0.29, 0.717) is 0 Å². The highest BCUT2D eigenvalue weighted by molar-refractivity contribution is 6.12. The van der Waals surface area contributed by atoms with Crippen LogP contribution in [0.2, 0.25) is 0 Å². The van der Waals surface area contributed by atoms with Crippen LogP contribution in [0.1, 0.15) is 27.7 Å². The highest BCUT2D eigenvalue weighted by Gasteiger charge is 2.13. The number of H-pyrrole nitrogens is 1. The number of hydrogen-bond acceptors (Lipinski definition) is 0. The van der Waals surface area contributed by atoms with E-state index in [0.717, 1.165) is 0 Å². The molecule has 0 saturated carbocycles. The number of fused-ring (bicyclic) bond motifs is 6. The van der Waals surface area contributed by atoms with Gasteiger partial charge in [-0.25, -0.2) is 0 Å². The molecule has 4 aromatic carbocycles. The summed E-state index contributed by atoms with van der Waals surface area (Å²) in [7, 11) is 0. The highest BCUT2D eigenvalue weighted by atomic mass is 15.0. The van der Waals surface area contributed by atoms with Crippen molar-refractivity contribution in [1.82, 2.24) is 9.55 Å². The van der Waals surface area contributed by atoms with Crippen LogP contribution in [0, 0.1) is 0 Å². The average Bonchev–Trinajstić information content (AvgIpc) is 3.43.